The Kier molecular flexibility index (Phi) is 3.96. The Hall–Kier alpha value is -1.14. The number of aromatic nitrogens is 1. The van der Waals surface area contributed by atoms with E-state index in [0.29, 0.717) is 23.6 Å². The summed E-state index contributed by atoms with van der Waals surface area (Å²) in [7, 11) is 0. The number of carbonyl (C=O) groups is 1. The van der Waals surface area contributed by atoms with E-state index >= 15 is 0 Å². The first-order valence-corrected chi connectivity index (χ1v) is 6.09. The minimum atomic E-state index is -1.00. The molecule has 1 fully saturated rings. The summed E-state index contributed by atoms with van der Waals surface area (Å²) in [5.74, 6) is -0.572. The van der Waals surface area contributed by atoms with Crippen molar-refractivity contribution >= 4 is 21.9 Å². The van der Waals surface area contributed by atoms with Crippen molar-refractivity contribution < 1.29 is 19.4 Å². The average Bonchev–Trinajstić information content (AvgIpc) is 2.33. The molecule has 2 heterocycles. The minimum Gasteiger partial charge on any atom is -0.478 e. The van der Waals surface area contributed by atoms with Crippen molar-refractivity contribution in [3.63, 3.8) is 0 Å². The molecule has 0 bridgehead atoms. The number of rotatable bonds is 3. The first-order chi connectivity index (χ1) is 8.16. The van der Waals surface area contributed by atoms with Gasteiger partial charge in [0.05, 0.1) is 23.2 Å². The summed E-state index contributed by atoms with van der Waals surface area (Å²) < 4.78 is 11.5. The van der Waals surface area contributed by atoms with E-state index in [9.17, 15) is 4.79 Å². The van der Waals surface area contributed by atoms with Gasteiger partial charge in [-0.1, -0.05) is 0 Å². The van der Waals surface area contributed by atoms with E-state index in [1.165, 1.54) is 12.3 Å². The average molecular weight is 302 g/mol. The molecule has 1 aliphatic heterocycles. The van der Waals surface area contributed by atoms with E-state index in [-0.39, 0.29) is 11.7 Å². The highest BCUT2D eigenvalue weighted by molar-refractivity contribution is 9.10. The van der Waals surface area contributed by atoms with Crippen LogP contribution in [0.1, 0.15) is 23.2 Å². The lowest BCUT2D eigenvalue weighted by atomic mass is 10.1. The van der Waals surface area contributed by atoms with Gasteiger partial charge in [-0.05, 0) is 22.0 Å². The van der Waals surface area contributed by atoms with Crippen molar-refractivity contribution in [2.45, 2.75) is 18.9 Å². The number of aromatic carboxylic acids is 1. The Morgan fingerprint density at radius 2 is 2.24 bits per heavy atom. The zero-order valence-electron chi connectivity index (χ0n) is 9.06. The molecule has 1 saturated heterocycles. The minimum absolute atomic E-state index is 0.0863. The molecule has 0 aliphatic carbocycles. The van der Waals surface area contributed by atoms with Crippen LogP contribution >= 0.6 is 15.9 Å². The molecule has 2 rings (SSSR count). The summed E-state index contributed by atoms with van der Waals surface area (Å²) in [5.41, 5.74) is 0.135. The van der Waals surface area contributed by atoms with Crippen LogP contribution in [0.4, 0.5) is 0 Å². The van der Waals surface area contributed by atoms with Crippen LogP contribution in [0.25, 0.3) is 0 Å². The summed E-state index contributed by atoms with van der Waals surface area (Å²) >= 11 is 3.26. The zero-order valence-corrected chi connectivity index (χ0v) is 10.6. The van der Waals surface area contributed by atoms with Crippen LogP contribution in [-0.4, -0.2) is 35.4 Å². The number of hydrogen-bond donors (Lipinski definition) is 1. The van der Waals surface area contributed by atoms with Gasteiger partial charge in [0.2, 0.25) is 5.88 Å². The van der Waals surface area contributed by atoms with Crippen molar-refractivity contribution in [2.75, 3.05) is 13.2 Å². The molecule has 0 spiro atoms. The fourth-order valence-corrected chi connectivity index (χ4v) is 2.02. The second-order valence-electron chi connectivity index (χ2n) is 3.75. The van der Waals surface area contributed by atoms with Gasteiger partial charge in [0, 0.05) is 19.0 Å². The lowest BCUT2D eigenvalue weighted by Crippen LogP contribution is -2.26. The highest BCUT2D eigenvalue weighted by Crippen LogP contribution is 2.25. The van der Waals surface area contributed by atoms with Gasteiger partial charge in [0.1, 0.15) is 6.10 Å². The number of halogens is 1. The van der Waals surface area contributed by atoms with E-state index in [1.807, 2.05) is 0 Å². The van der Waals surface area contributed by atoms with Crippen molar-refractivity contribution in [2.24, 2.45) is 0 Å². The third kappa shape index (κ3) is 3.17. The molecule has 1 aromatic rings. The van der Waals surface area contributed by atoms with Crippen LogP contribution in [0.3, 0.4) is 0 Å². The highest BCUT2D eigenvalue weighted by atomic mass is 79.9. The van der Waals surface area contributed by atoms with Crippen molar-refractivity contribution in [1.82, 2.24) is 4.98 Å². The Balaban J connectivity index is 2.08. The van der Waals surface area contributed by atoms with Gasteiger partial charge in [0.25, 0.3) is 0 Å². The van der Waals surface area contributed by atoms with Crippen LogP contribution in [0.5, 0.6) is 5.88 Å². The highest BCUT2D eigenvalue weighted by Gasteiger charge is 2.18. The van der Waals surface area contributed by atoms with Gasteiger partial charge in [-0.2, -0.15) is 0 Å². The number of pyridine rings is 1. The molecule has 0 atom stereocenters. The largest absolute Gasteiger partial charge is 0.478 e. The van der Waals surface area contributed by atoms with E-state index in [4.69, 9.17) is 14.6 Å². The fourth-order valence-electron chi connectivity index (χ4n) is 1.58. The lowest BCUT2D eigenvalue weighted by molar-refractivity contribution is 0.0234. The molecular weight excluding hydrogens is 290 g/mol. The first kappa shape index (κ1) is 12.3. The van der Waals surface area contributed by atoms with E-state index < -0.39 is 5.97 Å². The van der Waals surface area contributed by atoms with Crippen molar-refractivity contribution in [3.05, 3.63) is 22.3 Å². The standard InChI is InChI=1S/C11H12BrNO4/c12-9-5-7(11(14)15)6-13-10(9)17-8-1-3-16-4-2-8/h5-6,8H,1-4H2,(H,14,15). The van der Waals surface area contributed by atoms with Crippen LogP contribution in [0, 0.1) is 0 Å². The number of nitrogens with zero attached hydrogens (tertiary/aromatic N) is 1. The quantitative estimate of drug-likeness (QED) is 0.926. The number of carboxylic acids is 1. The molecular formula is C11H12BrNO4. The van der Waals surface area contributed by atoms with E-state index in [0.717, 1.165) is 12.8 Å². The van der Waals surface area contributed by atoms with E-state index in [2.05, 4.69) is 20.9 Å². The summed E-state index contributed by atoms with van der Waals surface area (Å²) in [5, 5.41) is 8.80. The lowest BCUT2D eigenvalue weighted by Gasteiger charge is -2.23. The molecule has 0 saturated carbocycles. The Morgan fingerprint density at radius 3 is 2.82 bits per heavy atom. The maximum atomic E-state index is 10.7. The smallest absolute Gasteiger partial charge is 0.337 e. The number of ether oxygens (including phenoxy) is 2. The molecule has 92 valence electrons. The monoisotopic (exact) mass is 301 g/mol. The molecule has 1 aromatic heterocycles. The number of hydrogen-bond acceptors (Lipinski definition) is 4. The van der Waals surface area contributed by atoms with Gasteiger partial charge < -0.3 is 14.6 Å². The normalized spacial score (nSPS) is 16.8. The Bertz CT molecular complexity index is 418. The third-order valence-corrected chi connectivity index (χ3v) is 3.07. The van der Waals surface area contributed by atoms with Gasteiger partial charge in [-0.3, -0.25) is 0 Å². The SMILES string of the molecule is O=C(O)c1cnc(OC2CCOCC2)c(Br)c1. The first-order valence-electron chi connectivity index (χ1n) is 5.30. The van der Waals surface area contributed by atoms with Crippen LogP contribution < -0.4 is 4.74 Å². The molecule has 17 heavy (non-hydrogen) atoms. The molecule has 5 nitrogen and oxygen atoms in total. The summed E-state index contributed by atoms with van der Waals surface area (Å²) in [6.07, 6.45) is 3.04. The topological polar surface area (TPSA) is 68.7 Å². The predicted octanol–water partition coefficient (Wildman–Crippen LogP) is 2.10. The fraction of sp³-hybridized carbons (Fsp3) is 0.455. The molecule has 0 amide bonds. The van der Waals surface area contributed by atoms with Crippen molar-refractivity contribution in [1.29, 1.82) is 0 Å². The van der Waals surface area contributed by atoms with Gasteiger partial charge in [0.15, 0.2) is 0 Å². The zero-order chi connectivity index (χ0) is 12.3. The summed E-state index contributed by atoms with van der Waals surface area (Å²) in [4.78, 5) is 14.7. The summed E-state index contributed by atoms with van der Waals surface area (Å²) in [6, 6.07) is 1.49. The van der Waals surface area contributed by atoms with Gasteiger partial charge in [-0.15, -0.1) is 0 Å². The van der Waals surface area contributed by atoms with Crippen LogP contribution in [-0.2, 0) is 4.74 Å². The van der Waals surface area contributed by atoms with E-state index in [1.54, 1.807) is 0 Å². The molecule has 1 aliphatic rings. The van der Waals surface area contributed by atoms with Crippen LogP contribution in [0.15, 0.2) is 16.7 Å². The van der Waals surface area contributed by atoms with Gasteiger partial charge in [-0.25, -0.2) is 9.78 Å². The molecule has 1 N–H and O–H groups in total. The summed E-state index contributed by atoms with van der Waals surface area (Å²) in [6.45, 7) is 1.38. The van der Waals surface area contributed by atoms with Crippen LogP contribution in [0.2, 0.25) is 0 Å². The maximum absolute atomic E-state index is 10.7. The van der Waals surface area contributed by atoms with Crippen molar-refractivity contribution in [3.8, 4) is 5.88 Å². The molecule has 0 radical (unpaired) electrons. The van der Waals surface area contributed by atoms with Gasteiger partial charge >= 0.3 is 5.97 Å². The second-order valence-corrected chi connectivity index (χ2v) is 4.60. The molecule has 6 heteroatoms. The Morgan fingerprint density at radius 1 is 1.53 bits per heavy atom. The second kappa shape index (κ2) is 5.46. The Labute approximate surface area is 107 Å². The third-order valence-electron chi connectivity index (χ3n) is 2.50. The molecule has 0 aromatic carbocycles. The maximum Gasteiger partial charge on any atom is 0.337 e. The number of carboxylic acid groups (broad SMARTS) is 1. The molecule has 0 unspecified atom stereocenters. The predicted molar refractivity (Wildman–Crippen MR) is 63.4 cm³/mol.